The molecule has 0 aliphatic rings. The Labute approximate surface area is 120 Å². The molecule has 3 aromatic rings. The maximum atomic E-state index is 12.3. The molecule has 0 spiro atoms. The largest absolute Gasteiger partial charge is 0.332 e. The second-order valence-electron chi connectivity index (χ2n) is 5.24. The highest BCUT2D eigenvalue weighted by atomic mass is 16.2. The molecule has 3 rings (SSSR count). The Morgan fingerprint density at radius 3 is 2.38 bits per heavy atom. The zero-order valence-corrected chi connectivity index (χ0v) is 12.4. The fraction of sp³-hybridized carbons (Fsp3) is 0.267. The van der Waals surface area contributed by atoms with E-state index in [0.717, 1.165) is 15.7 Å². The van der Waals surface area contributed by atoms with Gasteiger partial charge in [0.05, 0.1) is 0 Å². The fourth-order valence-corrected chi connectivity index (χ4v) is 2.56. The molecule has 0 unspecified atom stereocenters. The van der Waals surface area contributed by atoms with Gasteiger partial charge in [0.1, 0.15) is 5.82 Å². The van der Waals surface area contributed by atoms with Crippen molar-refractivity contribution >= 4 is 11.2 Å². The minimum atomic E-state index is -0.374. The molecule has 6 heteroatoms. The summed E-state index contributed by atoms with van der Waals surface area (Å²) in [6, 6.07) is 7.89. The van der Waals surface area contributed by atoms with Crippen molar-refractivity contribution in [3.63, 3.8) is 0 Å². The molecule has 0 bridgehead atoms. The fourth-order valence-electron chi connectivity index (χ4n) is 2.56. The van der Waals surface area contributed by atoms with Crippen LogP contribution < -0.4 is 11.2 Å². The van der Waals surface area contributed by atoms with Crippen LogP contribution in [0.15, 0.2) is 33.9 Å². The molecule has 2 aromatic heterocycles. The van der Waals surface area contributed by atoms with E-state index in [1.807, 2.05) is 31.2 Å². The van der Waals surface area contributed by atoms with E-state index in [2.05, 4.69) is 4.98 Å². The first kappa shape index (κ1) is 13.4. The van der Waals surface area contributed by atoms with Crippen LogP contribution in [0.5, 0.6) is 0 Å². The number of hydrogen-bond acceptors (Lipinski definition) is 3. The number of rotatable bonds is 1. The first-order valence-electron chi connectivity index (χ1n) is 6.61. The standard InChI is InChI=1S/C15H16N4O2/c1-9-6-5-7-10(8-9)12-16-13-11(17(12)2)14(20)19(4)15(21)18(13)3/h5-8H,1-4H3. The van der Waals surface area contributed by atoms with E-state index < -0.39 is 0 Å². The molecule has 2 heterocycles. The maximum absolute atomic E-state index is 12.3. The summed E-state index contributed by atoms with van der Waals surface area (Å²) in [5.41, 5.74) is 2.16. The predicted octanol–water partition coefficient (Wildman–Crippen LogP) is 0.946. The van der Waals surface area contributed by atoms with Gasteiger partial charge in [0.15, 0.2) is 11.2 Å². The first-order chi connectivity index (χ1) is 9.91. The van der Waals surface area contributed by atoms with E-state index >= 15 is 0 Å². The molecule has 0 saturated carbocycles. The van der Waals surface area contributed by atoms with Gasteiger partial charge in [-0.3, -0.25) is 13.9 Å². The van der Waals surface area contributed by atoms with Crippen molar-refractivity contribution in [1.29, 1.82) is 0 Å². The van der Waals surface area contributed by atoms with Gasteiger partial charge in [0.25, 0.3) is 5.56 Å². The molecule has 0 atom stereocenters. The molecule has 0 aliphatic heterocycles. The summed E-state index contributed by atoms with van der Waals surface area (Å²) in [6.07, 6.45) is 0. The van der Waals surface area contributed by atoms with Crippen molar-refractivity contribution in [2.45, 2.75) is 6.92 Å². The van der Waals surface area contributed by atoms with E-state index in [9.17, 15) is 9.59 Å². The van der Waals surface area contributed by atoms with Gasteiger partial charge in [0.2, 0.25) is 0 Å². The highest BCUT2D eigenvalue weighted by Crippen LogP contribution is 2.21. The van der Waals surface area contributed by atoms with Crippen molar-refractivity contribution in [3.8, 4) is 11.4 Å². The van der Waals surface area contributed by atoms with Gasteiger partial charge >= 0.3 is 5.69 Å². The van der Waals surface area contributed by atoms with Crippen LogP contribution in [0, 0.1) is 6.92 Å². The lowest BCUT2D eigenvalue weighted by molar-refractivity contribution is 0.705. The second kappa shape index (κ2) is 4.44. The molecule has 0 radical (unpaired) electrons. The lowest BCUT2D eigenvalue weighted by Crippen LogP contribution is -2.37. The normalized spacial score (nSPS) is 11.2. The molecule has 6 nitrogen and oxygen atoms in total. The molecule has 0 fully saturated rings. The summed E-state index contributed by atoms with van der Waals surface area (Å²) < 4.78 is 4.24. The molecule has 0 N–H and O–H groups in total. The summed E-state index contributed by atoms with van der Waals surface area (Å²) in [6.45, 7) is 2.00. The zero-order valence-electron chi connectivity index (χ0n) is 12.4. The van der Waals surface area contributed by atoms with E-state index in [4.69, 9.17) is 0 Å². The number of benzene rings is 1. The van der Waals surface area contributed by atoms with Gasteiger partial charge in [-0.2, -0.15) is 0 Å². The van der Waals surface area contributed by atoms with Gasteiger partial charge in [-0.1, -0.05) is 23.8 Å². The second-order valence-corrected chi connectivity index (χ2v) is 5.24. The predicted molar refractivity (Wildman–Crippen MR) is 81.4 cm³/mol. The Morgan fingerprint density at radius 2 is 1.71 bits per heavy atom. The molecular weight excluding hydrogens is 268 g/mol. The SMILES string of the molecule is Cc1cccc(-c2nc3c(c(=O)n(C)c(=O)n3C)n2C)c1. The smallest absolute Gasteiger partial charge is 0.321 e. The molecular formula is C15H16N4O2. The number of hydrogen-bond donors (Lipinski definition) is 0. The van der Waals surface area contributed by atoms with Crippen molar-refractivity contribution in [1.82, 2.24) is 18.7 Å². The van der Waals surface area contributed by atoms with Crippen LogP contribution in [0.1, 0.15) is 5.56 Å². The van der Waals surface area contributed by atoms with E-state index in [1.165, 1.54) is 11.6 Å². The number of imidazole rings is 1. The molecule has 21 heavy (non-hydrogen) atoms. The molecule has 0 aliphatic carbocycles. The number of aryl methyl sites for hydroxylation is 3. The lowest BCUT2D eigenvalue weighted by Gasteiger charge is -2.04. The summed E-state index contributed by atoms with van der Waals surface area (Å²) in [5.74, 6) is 0.673. The molecule has 0 amide bonds. The van der Waals surface area contributed by atoms with E-state index in [1.54, 1.807) is 18.7 Å². The third-order valence-corrected chi connectivity index (χ3v) is 3.75. The van der Waals surface area contributed by atoms with Gasteiger partial charge < -0.3 is 4.57 Å². The van der Waals surface area contributed by atoms with Crippen LogP contribution >= 0.6 is 0 Å². The Kier molecular flexibility index (Phi) is 2.83. The number of fused-ring (bicyclic) bond motifs is 1. The number of aromatic nitrogens is 4. The quantitative estimate of drug-likeness (QED) is 0.668. The van der Waals surface area contributed by atoms with Crippen molar-refractivity contribution < 1.29 is 0 Å². The van der Waals surface area contributed by atoms with Crippen LogP contribution in [0.25, 0.3) is 22.6 Å². The third kappa shape index (κ3) is 1.83. The summed E-state index contributed by atoms with van der Waals surface area (Å²) >= 11 is 0. The van der Waals surface area contributed by atoms with Crippen LogP contribution in [-0.2, 0) is 21.1 Å². The van der Waals surface area contributed by atoms with Crippen LogP contribution in [0.2, 0.25) is 0 Å². The summed E-state index contributed by atoms with van der Waals surface area (Å²) in [4.78, 5) is 28.8. The third-order valence-electron chi connectivity index (χ3n) is 3.75. The average Bonchev–Trinajstić information content (AvgIpc) is 2.81. The summed E-state index contributed by atoms with van der Waals surface area (Å²) in [7, 11) is 4.89. The molecule has 0 saturated heterocycles. The average molecular weight is 284 g/mol. The minimum Gasteiger partial charge on any atom is -0.321 e. The zero-order chi connectivity index (χ0) is 15.3. The summed E-state index contributed by atoms with van der Waals surface area (Å²) in [5, 5.41) is 0. The Hall–Kier alpha value is -2.63. The minimum absolute atomic E-state index is 0.331. The Balaban J connectivity index is 2.46. The maximum Gasteiger partial charge on any atom is 0.332 e. The van der Waals surface area contributed by atoms with Crippen molar-refractivity contribution in [2.75, 3.05) is 0 Å². The highest BCUT2D eigenvalue weighted by Gasteiger charge is 2.17. The van der Waals surface area contributed by atoms with E-state index in [0.29, 0.717) is 17.0 Å². The lowest BCUT2D eigenvalue weighted by atomic mass is 10.1. The molecule has 108 valence electrons. The highest BCUT2D eigenvalue weighted by molar-refractivity contribution is 5.76. The van der Waals surface area contributed by atoms with Gasteiger partial charge in [-0.05, 0) is 13.0 Å². The van der Waals surface area contributed by atoms with Crippen LogP contribution in [-0.4, -0.2) is 18.7 Å². The van der Waals surface area contributed by atoms with Gasteiger partial charge in [-0.15, -0.1) is 0 Å². The van der Waals surface area contributed by atoms with Gasteiger partial charge in [0, 0.05) is 26.7 Å². The van der Waals surface area contributed by atoms with Crippen LogP contribution in [0.3, 0.4) is 0 Å². The van der Waals surface area contributed by atoms with Gasteiger partial charge in [-0.25, -0.2) is 9.78 Å². The van der Waals surface area contributed by atoms with Crippen LogP contribution in [0.4, 0.5) is 0 Å². The Bertz CT molecular complexity index is 976. The Morgan fingerprint density at radius 1 is 1.00 bits per heavy atom. The monoisotopic (exact) mass is 284 g/mol. The number of nitrogens with zero attached hydrogens (tertiary/aromatic N) is 4. The topological polar surface area (TPSA) is 61.8 Å². The first-order valence-corrected chi connectivity index (χ1v) is 6.61. The van der Waals surface area contributed by atoms with Crippen molar-refractivity contribution in [3.05, 3.63) is 50.7 Å². The van der Waals surface area contributed by atoms with Crippen molar-refractivity contribution in [2.24, 2.45) is 21.1 Å². The molecule has 1 aromatic carbocycles. The van der Waals surface area contributed by atoms with E-state index in [-0.39, 0.29) is 11.2 Å².